The van der Waals surface area contributed by atoms with Crippen molar-refractivity contribution in [1.82, 2.24) is 0 Å². The first-order chi connectivity index (χ1) is 15.1. The summed E-state index contributed by atoms with van der Waals surface area (Å²) in [6, 6.07) is 24.2. The van der Waals surface area contributed by atoms with Crippen LogP contribution in [0.15, 0.2) is 72.8 Å². The van der Waals surface area contributed by atoms with Gasteiger partial charge in [0.15, 0.2) is 11.5 Å². The molecule has 1 amide bonds. The Morgan fingerprint density at radius 1 is 0.968 bits per heavy atom. The predicted octanol–water partition coefficient (Wildman–Crippen LogP) is 5.22. The molecule has 1 aliphatic heterocycles. The molecule has 5 nitrogen and oxygen atoms in total. The number of methoxy groups -OCH3 is 2. The first-order valence-electron chi connectivity index (χ1n) is 10.5. The molecule has 0 aromatic heterocycles. The number of anilines is 2. The van der Waals surface area contributed by atoms with E-state index in [1.54, 1.807) is 14.2 Å². The van der Waals surface area contributed by atoms with Gasteiger partial charge in [0.2, 0.25) is 5.91 Å². The lowest BCUT2D eigenvalue weighted by atomic mass is 9.91. The number of carbonyl (C=O) groups excluding carboxylic acids is 1. The van der Waals surface area contributed by atoms with Crippen LogP contribution in [-0.2, 0) is 11.2 Å². The van der Waals surface area contributed by atoms with Crippen molar-refractivity contribution in [2.75, 3.05) is 24.4 Å². The van der Waals surface area contributed by atoms with Crippen LogP contribution in [0.4, 0.5) is 11.4 Å². The van der Waals surface area contributed by atoms with Crippen LogP contribution in [0.5, 0.6) is 11.5 Å². The third-order valence-electron chi connectivity index (χ3n) is 5.78. The Kier molecular flexibility index (Phi) is 6.12. The Balaban J connectivity index is 1.59. The minimum Gasteiger partial charge on any atom is -0.493 e. The molecular weight excluding hydrogens is 388 g/mol. The third-order valence-corrected chi connectivity index (χ3v) is 5.78. The van der Waals surface area contributed by atoms with E-state index in [4.69, 9.17) is 9.47 Å². The van der Waals surface area contributed by atoms with Crippen LogP contribution in [0, 0.1) is 0 Å². The molecule has 0 saturated carbocycles. The van der Waals surface area contributed by atoms with E-state index in [0.717, 1.165) is 28.9 Å². The summed E-state index contributed by atoms with van der Waals surface area (Å²) in [4.78, 5) is 15.3. The van der Waals surface area contributed by atoms with Crippen LogP contribution >= 0.6 is 0 Å². The topological polar surface area (TPSA) is 50.8 Å². The standard InChI is InChI=1S/C26H28N2O3/c1-18-15-22(27-20-9-5-4-6-10-20)21-11-7-8-12-23(21)28(18)26(29)17-19-13-14-24(30-2)25(16-19)31-3/h4-14,16,18,22,27H,15,17H2,1-3H3/t18-,22+/m1/s1. The van der Waals surface area contributed by atoms with Crippen molar-refractivity contribution in [3.63, 3.8) is 0 Å². The van der Waals surface area contributed by atoms with E-state index in [-0.39, 0.29) is 18.0 Å². The summed E-state index contributed by atoms with van der Waals surface area (Å²) in [6.07, 6.45) is 1.14. The van der Waals surface area contributed by atoms with Crippen molar-refractivity contribution >= 4 is 17.3 Å². The fraction of sp³-hybridized carbons (Fsp3) is 0.269. The summed E-state index contributed by atoms with van der Waals surface area (Å²) in [5.41, 5.74) is 4.10. The van der Waals surface area contributed by atoms with Gasteiger partial charge in [-0.05, 0) is 54.8 Å². The number of fused-ring (bicyclic) bond motifs is 1. The summed E-state index contributed by atoms with van der Waals surface area (Å²) in [5, 5.41) is 3.64. The van der Waals surface area contributed by atoms with E-state index in [0.29, 0.717) is 17.9 Å². The Hall–Kier alpha value is -3.47. The van der Waals surface area contributed by atoms with E-state index in [2.05, 4.69) is 30.4 Å². The Bertz CT molecular complexity index is 1050. The van der Waals surface area contributed by atoms with Gasteiger partial charge in [0.05, 0.1) is 26.7 Å². The van der Waals surface area contributed by atoms with Crippen molar-refractivity contribution in [2.45, 2.75) is 31.8 Å². The van der Waals surface area contributed by atoms with Gasteiger partial charge < -0.3 is 19.7 Å². The first kappa shape index (κ1) is 20.8. The number of hydrogen-bond acceptors (Lipinski definition) is 4. The number of amides is 1. The van der Waals surface area contributed by atoms with Crippen molar-refractivity contribution < 1.29 is 14.3 Å². The highest BCUT2D eigenvalue weighted by Gasteiger charge is 2.33. The zero-order valence-electron chi connectivity index (χ0n) is 18.2. The molecule has 3 aromatic carbocycles. The summed E-state index contributed by atoms with van der Waals surface area (Å²) >= 11 is 0. The van der Waals surface area contributed by atoms with Crippen molar-refractivity contribution in [2.24, 2.45) is 0 Å². The summed E-state index contributed by atoms with van der Waals surface area (Å²) in [7, 11) is 3.21. The van der Waals surface area contributed by atoms with Gasteiger partial charge in [-0.15, -0.1) is 0 Å². The summed E-state index contributed by atoms with van der Waals surface area (Å²) in [5.74, 6) is 1.36. The highest BCUT2D eigenvalue weighted by Crippen LogP contribution is 2.39. The maximum atomic E-state index is 13.4. The second-order valence-electron chi connectivity index (χ2n) is 7.84. The van der Waals surface area contributed by atoms with E-state index >= 15 is 0 Å². The van der Waals surface area contributed by atoms with Crippen LogP contribution in [0.1, 0.15) is 30.5 Å². The molecule has 0 unspecified atom stereocenters. The molecule has 1 heterocycles. The van der Waals surface area contributed by atoms with Crippen LogP contribution in [0.2, 0.25) is 0 Å². The number of para-hydroxylation sites is 2. The molecule has 5 heteroatoms. The van der Waals surface area contributed by atoms with E-state index < -0.39 is 0 Å². The van der Waals surface area contributed by atoms with Gasteiger partial charge in [-0.1, -0.05) is 42.5 Å². The van der Waals surface area contributed by atoms with Gasteiger partial charge in [0.1, 0.15) is 0 Å². The molecule has 3 aromatic rings. The van der Waals surface area contributed by atoms with Gasteiger partial charge >= 0.3 is 0 Å². The van der Waals surface area contributed by atoms with Crippen LogP contribution < -0.4 is 19.7 Å². The normalized spacial score (nSPS) is 17.6. The average molecular weight is 417 g/mol. The second-order valence-corrected chi connectivity index (χ2v) is 7.84. The maximum absolute atomic E-state index is 13.4. The van der Waals surface area contributed by atoms with Crippen molar-refractivity contribution in [3.8, 4) is 11.5 Å². The number of nitrogens with zero attached hydrogens (tertiary/aromatic N) is 1. The van der Waals surface area contributed by atoms with E-state index in [1.807, 2.05) is 59.5 Å². The van der Waals surface area contributed by atoms with Gasteiger partial charge in [-0.3, -0.25) is 4.79 Å². The van der Waals surface area contributed by atoms with Crippen molar-refractivity contribution in [1.29, 1.82) is 0 Å². The summed E-state index contributed by atoms with van der Waals surface area (Å²) < 4.78 is 10.7. The number of benzene rings is 3. The van der Waals surface area contributed by atoms with Crippen LogP contribution in [0.25, 0.3) is 0 Å². The molecule has 1 aliphatic rings. The fourth-order valence-electron chi connectivity index (χ4n) is 4.32. The van der Waals surface area contributed by atoms with Crippen LogP contribution in [-0.4, -0.2) is 26.2 Å². The molecule has 0 aliphatic carbocycles. The highest BCUT2D eigenvalue weighted by molar-refractivity contribution is 5.96. The third kappa shape index (κ3) is 4.36. The lowest BCUT2D eigenvalue weighted by molar-refractivity contribution is -0.118. The monoisotopic (exact) mass is 416 g/mol. The zero-order valence-corrected chi connectivity index (χ0v) is 18.2. The molecule has 2 atom stereocenters. The molecule has 0 radical (unpaired) electrons. The average Bonchev–Trinajstić information content (AvgIpc) is 2.79. The molecular formula is C26H28N2O3. The lowest BCUT2D eigenvalue weighted by Crippen LogP contribution is -2.45. The number of carbonyl (C=O) groups is 1. The van der Waals surface area contributed by atoms with Gasteiger partial charge in [0, 0.05) is 17.4 Å². The molecule has 0 saturated heterocycles. The summed E-state index contributed by atoms with van der Waals surface area (Å²) in [6.45, 7) is 2.11. The predicted molar refractivity (Wildman–Crippen MR) is 124 cm³/mol. The van der Waals surface area contributed by atoms with Gasteiger partial charge in [-0.25, -0.2) is 0 Å². The van der Waals surface area contributed by atoms with E-state index in [9.17, 15) is 4.79 Å². The number of rotatable bonds is 6. The van der Waals surface area contributed by atoms with Crippen molar-refractivity contribution in [3.05, 3.63) is 83.9 Å². The van der Waals surface area contributed by atoms with Crippen LogP contribution in [0.3, 0.4) is 0 Å². The molecule has 0 bridgehead atoms. The molecule has 0 fully saturated rings. The molecule has 160 valence electrons. The number of ether oxygens (including phenoxy) is 2. The van der Waals surface area contributed by atoms with Gasteiger partial charge in [0.25, 0.3) is 0 Å². The lowest BCUT2D eigenvalue weighted by Gasteiger charge is -2.40. The highest BCUT2D eigenvalue weighted by atomic mass is 16.5. The number of nitrogens with one attached hydrogen (secondary N) is 1. The second kappa shape index (κ2) is 9.13. The fourth-order valence-corrected chi connectivity index (χ4v) is 4.32. The van der Waals surface area contributed by atoms with Gasteiger partial charge in [-0.2, -0.15) is 0 Å². The molecule has 31 heavy (non-hydrogen) atoms. The minimum absolute atomic E-state index is 0.0729. The molecule has 1 N–H and O–H groups in total. The maximum Gasteiger partial charge on any atom is 0.231 e. The smallest absolute Gasteiger partial charge is 0.231 e. The SMILES string of the molecule is COc1ccc(CC(=O)N2c3ccccc3[C@@H](Nc3ccccc3)C[C@H]2C)cc1OC. The molecule has 0 spiro atoms. The largest absolute Gasteiger partial charge is 0.493 e. The Labute approximate surface area is 183 Å². The minimum atomic E-state index is 0.0729. The quantitative estimate of drug-likeness (QED) is 0.598. The first-order valence-corrected chi connectivity index (χ1v) is 10.5. The van der Waals surface area contributed by atoms with E-state index in [1.165, 1.54) is 0 Å². The number of hydrogen-bond donors (Lipinski definition) is 1. The Morgan fingerprint density at radius 3 is 2.42 bits per heavy atom. The Morgan fingerprint density at radius 2 is 1.68 bits per heavy atom. The molecule has 4 rings (SSSR count). The zero-order chi connectivity index (χ0) is 21.8.